The Bertz CT molecular complexity index is 829. The van der Waals surface area contributed by atoms with Crippen LogP contribution in [0.1, 0.15) is 35.9 Å². The second-order valence-corrected chi connectivity index (χ2v) is 7.81. The normalized spacial score (nSPS) is 20.0. The van der Waals surface area contributed by atoms with Crippen molar-refractivity contribution in [3.8, 4) is 5.69 Å². The molecule has 1 amide bonds. The fourth-order valence-corrected chi connectivity index (χ4v) is 3.98. The van der Waals surface area contributed by atoms with Crippen LogP contribution in [0.2, 0.25) is 5.02 Å². The van der Waals surface area contributed by atoms with E-state index in [1.54, 1.807) is 0 Å². The Morgan fingerprint density at radius 1 is 1.35 bits per heavy atom. The van der Waals surface area contributed by atoms with E-state index in [1.165, 1.54) is 0 Å². The highest BCUT2D eigenvalue weighted by Crippen LogP contribution is 2.26. The molecule has 1 aromatic heterocycles. The highest BCUT2D eigenvalue weighted by Gasteiger charge is 2.32. The van der Waals surface area contributed by atoms with Gasteiger partial charge in [0.2, 0.25) is 5.91 Å². The van der Waals surface area contributed by atoms with Crippen LogP contribution in [-0.2, 0) is 11.2 Å². The summed E-state index contributed by atoms with van der Waals surface area (Å²) in [7, 11) is 0. The van der Waals surface area contributed by atoms with Gasteiger partial charge in [0.05, 0.1) is 17.8 Å². The minimum Gasteiger partial charge on any atom is -0.339 e. The van der Waals surface area contributed by atoms with Crippen molar-refractivity contribution in [2.45, 2.75) is 46.6 Å². The van der Waals surface area contributed by atoms with Gasteiger partial charge in [-0.2, -0.15) is 5.10 Å². The SMILES string of the molecule is Cc1ccc(-n2nc(C)c(CC(=O)N3CC(CN)CC3C)c2C)cc1Cl. The summed E-state index contributed by atoms with van der Waals surface area (Å²) in [6.07, 6.45) is 1.36. The molecule has 3 rings (SSSR count). The zero-order valence-electron chi connectivity index (χ0n) is 15.9. The number of rotatable bonds is 4. The zero-order chi connectivity index (χ0) is 19.0. The maximum Gasteiger partial charge on any atom is 0.227 e. The molecule has 2 atom stereocenters. The van der Waals surface area contributed by atoms with Gasteiger partial charge in [-0.15, -0.1) is 0 Å². The van der Waals surface area contributed by atoms with Gasteiger partial charge in [-0.1, -0.05) is 17.7 Å². The lowest BCUT2D eigenvalue weighted by Crippen LogP contribution is -2.35. The molecule has 26 heavy (non-hydrogen) atoms. The summed E-state index contributed by atoms with van der Waals surface area (Å²) < 4.78 is 1.87. The lowest BCUT2D eigenvalue weighted by Gasteiger charge is -2.21. The fraction of sp³-hybridized carbons (Fsp3) is 0.500. The van der Waals surface area contributed by atoms with Crippen molar-refractivity contribution in [2.24, 2.45) is 11.7 Å². The molecular formula is C20H27ClN4O. The molecule has 6 heteroatoms. The molecule has 0 aliphatic carbocycles. The third-order valence-electron chi connectivity index (χ3n) is 5.48. The average Bonchev–Trinajstić information content (AvgIpc) is 3.12. The van der Waals surface area contributed by atoms with E-state index in [2.05, 4.69) is 12.0 Å². The van der Waals surface area contributed by atoms with Gasteiger partial charge in [-0.05, 0) is 64.3 Å². The molecule has 1 aliphatic rings. The largest absolute Gasteiger partial charge is 0.339 e. The monoisotopic (exact) mass is 374 g/mol. The van der Waals surface area contributed by atoms with E-state index in [0.29, 0.717) is 23.9 Å². The third-order valence-corrected chi connectivity index (χ3v) is 5.89. The number of nitrogens with zero attached hydrogens (tertiary/aromatic N) is 3. The Kier molecular flexibility index (Phi) is 5.39. The molecule has 1 fully saturated rings. The van der Waals surface area contributed by atoms with Gasteiger partial charge in [0.25, 0.3) is 0 Å². The number of likely N-dealkylation sites (tertiary alicyclic amines) is 1. The van der Waals surface area contributed by atoms with Crippen LogP contribution in [0.3, 0.4) is 0 Å². The molecule has 1 saturated heterocycles. The van der Waals surface area contributed by atoms with E-state index in [-0.39, 0.29) is 11.9 Å². The van der Waals surface area contributed by atoms with Crippen molar-refractivity contribution >= 4 is 17.5 Å². The summed E-state index contributed by atoms with van der Waals surface area (Å²) in [6.45, 7) is 9.44. The number of aryl methyl sites for hydroxylation is 2. The van der Waals surface area contributed by atoms with E-state index in [9.17, 15) is 4.79 Å². The quantitative estimate of drug-likeness (QED) is 0.893. The van der Waals surface area contributed by atoms with Crippen molar-refractivity contribution in [3.05, 3.63) is 45.7 Å². The second kappa shape index (κ2) is 7.41. The van der Waals surface area contributed by atoms with Gasteiger partial charge in [-0.3, -0.25) is 4.79 Å². The molecule has 0 saturated carbocycles. The number of carbonyl (C=O) groups excluding carboxylic acids is 1. The maximum atomic E-state index is 12.9. The van der Waals surface area contributed by atoms with Gasteiger partial charge in [0.15, 0.2) is 0 Å². The van der Waals surface area contributed by atoms with E-state index in [0.717, 1.165) is 41.2 Å². The number of amides is 1. The molecule has 2 N–H and O–H groups in total. The maximum absolute atomic E-state index is 12.9. The first-order chi connectivity index (χ1) is 12.3. The second-order valence-electron chi connectivity index (χ2n) is 7.40. The van der Waals surface area contributed by atoms with Gasteiger partial charge in [0.1, 0.15) is 0 Å². The lowest BCUT2D eigenvalue weighted by atomic mass is 10.1. The fourth-order valence-electron chi connectivity index (χ4n) is 3.81. The van der Waals surface area contributed by atoms with Gasteiger partial charge < -0.3 is 10.6 Å². The Hall–Kier alpha value is -1.85. The number of halogens is 1. The van der Waals surface area contributed by atoms with Crippen molar-refractivity contribution in [2.75, 3.05) is 13.1 Å². The number of hydrogen-bond acceptors (Lipinski definition) is 3. The molecule has 140 valence electrons. The Labute approximate surface area is 160 Å². The van der Waals surface area contributed by atoms with Crippen LogP contribution in [-0.4, -0.2) is 39.7 Å². The minimum absolute atomic E-state index is 0.154. The van der Waals surface area contributed by atoms with Crippen LogP contribution in [0.4, 0.5) is 0 Å². The number of nitrogens with two attached hydrogens (primary N) is 1. The standard InChI is InChI=1S/C20H27ClN4O/c1-12-5-6-17(8-19(12)21)25-15(4)18(14(3)23-25)9-20(26)24-11-16(10-22)7-13(24)2/h5-6,8,13,16H,7,9-11,22H2,1-4H3. The summed E-state index contributed by atoms with van der Waals surface area (Å²) in [5, 5.41) is 5.36. The number of carbonyl (C=O) groups is 1. The molecule has 2 unspecified atom stereocenters. The average molecular weight is 375 g/mol. The first kappa shape index (κ1) is 18.9. The number of benzene rings is 1. The van der Waals surface area contributed by atoms with E-state index >= 15 is 0 Å². The first-order valence-electron chi connectivity index (χ1n) is 9.13. The highest BCUT2D eigenvalue weighted by molar-refractivity contribution is 6.31. The third kappa shape index (κ3) is 3.51. The van der Waals surface area contributed by atoms with Gasteiger partial charge >= 0.3 is 0 Å². The summed E-state index contributed by atoms with van der Waals surface area (Å²) in [5.41, 5.74) is 10.6. The molecule has 0 spiro atoms. The van der Waals surface area contributed by atoms with Crippen molar-refractivity contribution < 1.29 is 4.79 Å². The summed E-state index contributed by atoms with van der Waals surface area (Å²) in [4.78, 5) is 14.8. The van der Waals surface area contributed by atoms with Crippen LogP contribution >= 0.6 is 11.6 Å². The summed E-state index contributed by atoms with van der Waals surface area (Å²) in [5.74, 6) is 0.565. The molecular weight excluding hydrogens is 348 g/mol. The predicted octanol–water partition coefficient (Wildman–Crippen LogP) is 3.19. The molecule has 2 aromatic rings. The molecule has 1 aromatic carbocycles. The van der Waals surface area contributed by atoms with Crippen LogP contribution in [0.5, 0.6) is 0 Å². The van der Waals surface area contributed by atoms with E-state index < -0.39 is 0 Å². The molecule has 0 radical (unpaired) electrons. The smallest absolute Gasteiger partial charge is 0.227 e. The van der Waals surface area contributed by atoms with Crippen LogP contribution in [0.15, 0.2) is 18.2 Å². The topological polar surface area (TPSA) is 64.2 Å². The van der Waals surface area contributed by atoms with Crippen molar-refractivity contribution in [1.82, 2.24) is 14.7 Å². The van der Waals surface area contributed by atoms with Crippen LogP contribution < -0.4 is 5.73 Å². The molecule has 0 bridgehead atoms. The van der Waals surface area contributed by atoms with Crippen LogP contribution in [0.25, 0.3) is 5.69 Å². The van der Waals surface area contributed by atoms with Gasteiger partial charge in [0, 0.05) is 28.9 Å². The number of hydrogen-bond donors (Lipinski definition) is 1. The Morgan fingerprint density at radius 2 is 2.08 bits per heavy atom. The summed E-state index contributed by atoms with van der Waals surface area (Å²) >= 11 is 6.26. The molecule has 5 nitrogen and oxygen atoms in total. The lowest BCUT2D eigenvalue weighted by molar-refractivity contribution is -0.131. The first-order valence-corrected chi connectivity index (χ1v) is 9.50. The molecule has 2 heterocycles. The zero-order valence-corrected chi connectivity index (χ0v) is 16.7. The van der Waals surface area contributed by atoms with E-state index in [1.807, 2.05) is 48.6 Å². The van der Waals surface area contributed by atoms with E-state index in [4.69, 9.17) is 17.3 Å². The van der Waals surface area contributed by atoms with Gasteiger partial charge in [-0.25, -0.2) is 4.68 Å². The highest BCUT2D eigenvalue weighted by atomic mass is 35.5. The van der Waals surface area contributed by atoms with Crippen molar-refractivity contribution in [1.29, 1.82) is 0 Å². The predicted molar refractivity (Wildman–Crippen MR) is 105 cm³/mol. The molecule has 1 aliphatic heterocycles. The Morgan fingerprint density at radius 3 is 2.69 bits per heavy atom. The Balaban J connectivity index is 1.84. The van der Waals surface area contributed by atoms with Crippen molar-refractivity contribution in [3.63, 3.8) is 0 Å². The van der Waals surface area contributed by atoms with Crippen LogP contribution in [0, 0.1) is 26.7 Å². The summed E-state index contributed by atoms with van der Waals surface area (Å²) in [6, 6.07) is 6.15. The minimum atomic E-state index is 0.154. The number of aromatic nitrogens is 2.